The molecule has 0 radical (unpaired) electrons. The molecular weight excluding hydrogens is 224 g/mol. The maximum absolute atomic E-state index is 11.8. The molecule has 4 nitrogen and oxygen atoms in total. The van der Waals surface area contributed by atoms with Crippen molar-refractivity contribution in [1.29, 1.82) is 0 Å². The molecule has 2 fully saturated rings. The standard InChI is InChI=1S/C11H18N2O2S/c1-16-7-11(15)13-5-4-9-8(6-13)2-3-10(14)12-9/h8-9H,2-7H2,1H3,(H,12,14). The summed E-state index contributed by atoms with van der Waals surface area (Å²) in [4.78, 5) is 24.9. The van der Waals surface area contributed by atoms with Crippen LogP contribution in [-0.2, 0) is 9.59 Å². The Labute approximate surface area is 100 Å². The van der Waals surface area contributed by atoms with Crippen molar-refractivity contribution in [1.82, 2.24) is 10.2 Å². The number of carbonyl (C=O) groups excluding carboxylic acids is 2. The van der Waals surface area contributed by atoms with Crippen molar-refractivity contribution in [2.24, 2.45) is 5.92 Å². The zero-order chi connectivity index (χ0) is 11.5. The highest BCUT2D eigenvalue weighted by Gasteiger charge is 2.34. The van der Waals surface area contributed by atoms with Gasteiger partial charge in [0.1, 0.15) is 0 Å². The number of carbonyl (C=O) groups is 2. The third-order valence-corrected chi connectivity index (χ3v) is 3.98. The molecule has 0 aromatic heterocycles. The van der Waals surface area contributed by atoms with Crippen LogP contribution < -0.4 is 5.32 Å². The van der Waals surface area contributed by atoms with E-state index in [-0.39, 0.29) is 11.8 Å². The highest BCUT2D eigenvalue weighted by Crippen LogP contribution is 2.25. The van der Waals surface area contributed by atoms with Gasteiger partial charge in [0.15, 0.2) is 0 Å². The minimum atomic E-state index is 0.171. The van der Waals surface area contributed by atoms with Gasteiger partial charge in [-0.05, 0) is 25.0 Å². The molecule has 2 saturated heterocycles. The Bertz CT molecular complexity index is 296. The van der Waals surface area contributed by atoms with E-state index >= 15 is 0 Å². The van der Waals surface area contributed by atoms with E-state index in [2.05, 4.69) is 5.32 Å². The van der Waals surface area contributed by atoms with Crippen LogP contribution in [0.25, 0.3) is 0 Å². The number of nitrogens with zero attached hydrogens (tertiary/aromatic N) is 1. The predicted octanol–water partition coefficient (Wildman–Crippen LogP) is 0.476. The van der Waals surface area contributed by atoms with E-state index in [0.717, 1.165) is 25.9 Å². The average Bonchev–Trinajstić information content (AvgIpc) is 2.28. The van der Waals surface area contributed by atoms with Crippen LogP contribution in [0.15, 0.2) is 0 Å². The summed E-state index contributed by atoms with van der Waals surface area (Å²) < 4.78 is 0. The Balaban J connectivity index is 1.90. The van der Waals surface area contributed by atoms with Crippen LogP contribution in [0.2, 0.25) is 0 Å². The molecule has 5 heteroatoms. The summed E-state index contributed by atoms with van der Waals surface area (Å²) in [6.07, 6.45) is 4.41. The largest absolute Gasteiger partial charge is 0.353 e. The summed E-state index contributed by atoms with van der Waals surface area (Å²) in [5.74, 6) is 1.45. The normalized spacial score (nSPS) is 29.6. The maximum Gasteiger partial charge on any atom is 0.232 e. The Kier molecular flexibility index (Phi) is 3.74. The van der Waals surface area contributed by atoms with E-state index < -0.39 is 0 Å². The average molecular weight is 242 g/mol. The highest BCUT2D eigenvalue weighted by molar-refractivity contribution is 7.99. The fraction of sp³-hybridized carbons (Fsp3) is 0.818. The van der Waals surface area contributed by atoms with E-state index in [1.165, 1.54) is 0 Å². The van der Waals surface area contributed by atoms with Crippen molar-refractivity contribution in [3.63, 3.8) is 0 Å². The maximum atomic E-state index is 11.8. The van der Waals surface area contributed by atoms with Crippen molar-refractivity contribution >= 4 is 23.6 Å². The summed E-state index contributed by atoms with van der Waals surface area (Å²) in [6.45, 7) is 1.62. The minimum absolute atomic E-state index is 0.171. The molecule has 0 spiro atoms. The van der Waals surface area contributed by atoms with Crippen LogP contribution in [0.5, 0.6) is 0 Å². The van der Waals surface area contributed by atoms with Crippen molar-refractivity contribution in [2.75, 3.05) is 25.1 Å². The summed E-state index contributed by atoms with van der Waals surface area (Å²) in [5.41, 5.74) is 0. The summed E-state index contributed by atoms with van der Waals surface area (Å²) in [6, 6.07) is 0.305. The molecule has 16 heavy (non-hydrogen) atoms. The lowest BCUT2D eigenvalue weighted by Gasteiger charge is -2.41. The molecule has 0 aromatic carbocycles. The fourth-order valence-electron chi connectivity index (χ4n) is 2.55. The number of thioether (sulfide) groups is 1. The summed E-state index contributed by atoms with van der Waals surface area (Å²) in [7, 11) is 0. The molecule has 2 aliphatic heterocycles. The van der Waals surface area contributed by atoms with Crippen LogP contribution in [-0.4, -0.2) is 47.9 Å². The van der Waals surface area contributed by atoms with Gasteiger partial charge < -0.3 is 10.2 Å². The first kappa shape index (κ1) is 11.8. The van der Waals surface area contributed by atoms with Gasteiger partial charge in [0, 0.05) is 25.6 Å². The van der Waals surface area contributed by atoms with Gasteiger partial charge in [0.05, 0.1) is 5.75 Å². The van der Waals surface area contributed by atoms with E-state index in [0.29, 0.717) is 24.1 Å². The lowest BCUT2D eigenvalue weighted by atomic mass is 9.85. The van der Waals surface area contributed by atoms with Gasteiger partial charge in [-0.2, -0.15) is 11.8 Å². The first-order chi connectivity index (χ1) is 7.70. The molecule has 0 bridgehead atoms. The third-order valence-electron chi connectivity index (χ3n) is 3.44. The van der Waals surface area contributed by atoms with Crippen LogP contribution in [0.1, 0.15) is 19.3 Å². The van der Waals surface area contributed by atoms with Gasteiger partial charge in [0.25, 0.3) is 0 Å². The first-order valence-electron chi connectivity index (χ1n) is 5.77. The van der Waals surface area contributed by atoms with Crippen molar-refractivity contribution < 1.29 is 9.59 Å². The number of amides is 2. The monoisotopic (exact) mass is 242 g/mol. The molecule has 2 heterocycles. The highest BCUT2D eigenvalue weighted by atomic mass is 32.2. The van der Waals surface area contributed by atoms with Crippen LogP contribution >= 0.6 is 11.8 Å². The minimum Gasteiger partial charge on any atom is -0.353 e. The van der Waals surface area contributed by atoms with E-state index in [1.807, 2.05) is 11.2 Å². The second-order valence-electron chi connectivity index (χ2n) is 4.53. The van der Waals surface area contributed by atoms with Gasteiger partial charge in [-0.15, -0.1) is 0 Å². The zero-order valence-electron chi connectivity index (χ0n) is 9.57. The van der Waals surface area contributed by atoms with Crippen LogP contribution in [0.4, 0.5) is 0 Å². The lowest BCUT2D eigenvalue weighted by Crippen LogP contribution is -2.55. The molecule has 0 aromatic rings. The number of rotatable bonds is 2. The molecule has 2 amide bonds. The number of fused-ring (bicyclic) bond motifs is 1. The molecule has 2 atom stereocenters. The SMILES string of the molecule is CSCC(=O)N1CCC2NC(=O)CCC2C1. The third kappa shape index (κ3) is 2.51. The lowest BCUT2D eigenvalue weighted by molar-refractivity contribution is -0.132. The van der Waals surface area contributed by atoms with Gasteiger partial charge >= 0.3 is 0 Å². The molecule has 1 N–H and O–H groups in total. The molecular formula is C11H18N2O2S. The Morgan fingerprint density at radius 2 is 2.38 bits per heavy atom. The number of nitrogens with one attached hydrogen (secondary N) is 1. The number of piperidine rings is 2. The van der Waals surface area contributed by atoms with Gasteiger partial charge in [0.2, 0.25) is 11.8 Å². The topological polar surface area (TPSA) is 49.4 Å². The Hall–Kier alpha value is -0.710. The van der Waals surface area contributed by atoms with Crippen LogP contribution in [0.3, 0.4) is 0 Å². The predicted molar refractivity (Wildman–Crippen MR) is 64.2 cm³/mol. The number of likely N-dealkylation sites (tertiary alicyclic amines) is 1. The summed E-state index contributed by atoms with van der Waals surface area (Å²) in [5, 5.41) is 3.03. The van der Waals surface area contributed by atoms with Crippen LogP contribution in [0, 0.1) is 5.92 Å². The molecule has 2 rings (SSSR count). The van der Waals surface area contributed by atoms with E-state index in [9.17, 15) is 9.59 Å². The smallest absolute Gasteiger partial charge is 0.232 e. The second kappa shape index (κ2) is 5.08. The fourth-order valence-corrected chi connectivity index (χ4v) is 2.98. The Morgan fingerprint density at radius 1 is 1.56 bits per heavy atom. The van der Waals surface area contributed by atoms with Crippen molar-refractivity contribution in [3.05, 3.63) is 0 Å². The molecule has 90 valence electrons. The van der Waals surface area contributed by atoms with Gasteiger partial charge in [-0.1, -0.05) is 0 Å². The van der Waals surface area contributed by atoms with Gasteiger partial charge in [-0.3, -0.25) is 9.59 Å². The van der Waals surface area contributed by atoms with Crippen molar-refractivity contribution in [3.8, 4) is 0 Å². The van der Waals surface area contributed by atoms with E-state index in [4.69, 9.17) is 0 Å². The van der Waals surface area contributed by atoms with Crippen molar-refractivity contribution in [2.45, 2.75) is 25.3 Å². The quantitative estimate of drug-likeness (QED) is 0.766. The number of hydrogen-bond donors (Lipinski definition) is 1. The molecule has 0 aliphatic carbocycles. The van der Waals surface area contributed by atoms with Gasteiger partial charge in [-0.25, -0.2) is 0 Å². The number of hydrogen-bond acceptors (Lipinski definition) is 3. The molecule has 2 aliphatic rings. The summed E-state index contributed by atoms with van der Waals surface area (Å²) >= 11 is 1.57. The second-order valence-corrected chi connectivity index (χ2v) is 5.40. The van der Waals surface area contributed by atoms with E-state index in [1.54, 1.807) is 11.8 Å². The zero-order valence-corrected chi connectivity index (χ0v) is 10.4. The first-order valence-corrected chi connectivity index (χ1v) is 7.16. The molecule has 2 unspecified atom stereocenters. The Morgan fingerprint density at radius 3 is 3.12 bits per heavy atom. The molecule has 0 saturated carbocycles.